The molecule has 1 aliphatic heterocycles. The molecule has 0 radical (unpaired) electrons. The van der Waals surface area contributed by atoms with Gasteiger partial charge in [0.15, 0.2) is 9.84 Å². The third-order valence-electron chi connectivity index (χ3n) is 3.60. The molecule has 1 aromatic carbocycles. The number of hydrogen-bond acceptors (Lipinski definition) is 5. The molecule has 1 fully saturated rings. The lowest BCUT2D eigenvalue weighted by molar-refractivity contribution is -0.0272. The summed E-state index contributed by atoms with van der Waals surface area (Å²) in [6.45, 7) is 5.91. The lowest BCUT2D eigenvalue weighted by Gasteiger charge is -2.35. The molecule has 0 aliphatic carbocycles. The summed E-state index contributed by atoms with van der Waals surface area (Å²) in [6.07, 6.45) is -0.442. The average molecular weight is 316 g/mol. The smallest absolute Gasteiger partial charge is 0.183 e. The molecule has 1 atom stereocenters. The molecule has 0 amide bonds. The largest absolute Gasteiger partial charge is 0.399 e. The van der Waals surface area contributed by atoms with Gasteiger partial charge in [-0.2, -0.15) is 0 Å². The van der Waals surface area contributed by atoms with Crippen molar-refractivity contribution in [2.45, 2.75) is 30.9 Å². The SMILES string of the molecule is CC(C)N1CCOC(CS(=O)(=O)c2ccc(N)cc2F)C1. The lowest BCUT2D eigenvalue weighted by atomic mass is 10.2. The topological polar surface area (TPSA) is 72.6 Å². The van der Waals surface area contributed by atoms with Crippen molar-refractivity contribution in [3.05, 3.63) is 24.0 Å². The molecule has 7 heteroatoms. The van der Waals surface area contributed by atoms with E-state index in [4.69, 9.17) is 10.5 Å². The molecule has 2 rings (SSSR count). The molecule has 0 spiro atoms. The summed E-state index contributed by atoms with van der Waals surface area (Å²) >= 11 is 0. The highest BCUT2D eigenvalue weighted by molar-refractivity contribution is 7.91. The van der Waals surface area contributed by atoms with Crippen molar-refractivity contribution in [1.82, 2.24) is 4.90 Å². The number of rotatable bonds is 4. The van der Waals surface area contributed by atoms with E-state index in [9.17, 15) is 12.8 Å². The molecule has 2 N–H and O–H groups in total. The van der Waals surface area contributed by atoms with Gasteiger partial charge in [0.05, 0.1) is 18.5 Å². The predicted molar refractivity (Wildman–Crippen MR) is 79.3 cm³/mol. The molecule has 1 unspecified atom stereocenters. The van der Waals surface area contributed by atoms with Crippen LogP contribution in [-0.2, 0) is 14.6 Å². The summed E-state index contributed by atoms with van der Waals surface area (Å²) in [5, 5.41) is 0. The Morgan fingerprint density at radius 2 is 2.19 bits per heavy atom. The number of hydrogen-bond donors (Lipinski definition) is 1. The van der Waals surface area contributed by atoms with Crippen LogP contribution < -0.4 is 5.73 Å². The number of nitrogens with two attached hydrogens (primary N) is 1. The average Bonchev–Trinajstić information content (AvgIpc) is 2.37. The fourth-order valence-corrected chi connectivity index (χ4v) is 3.92. The highest BCUT2D eigenvalue weighted by atomic mass is 32.2. The molecular formula is C14H21FN2O3S. The number of anilines is 1. The molecule has 0 bridgehead atoms. The number of nitrogen functional groups attached to an aromatic ring is 1. The van der Waals surface area contributed by atoms with Crippen molar-refractivity contribution in [3.63, 3.8) is 0 Å². The Hall–Kier alpha value is -1.18. The molecule has 1 heterocycles. The van der Waals surface area contributed by atoms with Crippen molar-refractivity contribution in [2.75, 3.05) is 31.2 Å². The monoisotopic (exact) mass is 316 g/mol. The molecule has 5 nitrogen and oxygen atoms in total. The van der Waals surface area contributed by atoms with E-state index in [0.717, 1.165) is 12.6 Å². The zero-order valence-electron chi connectivity index (χ0n) is 12.3. The number of nitrogens with zero attached hydrogens (tertiary/aromatic N) is 1. The highest BCUT2D eigenvalue weighted by Gasteiger charge is 2.29. The second-order valence-electron chi connectivity index (χ2n) is 5.55. The minimum absolute atomic E-state index is 0.200. The van der Waals surface area contributed by atoms with Crippen molar-refractivity contribution in [1.29, 1.82) is 0 Å². The molecule has 118 valence electrons. The van der Waals surface area contributed by atoms with Crippen LogP contribution in [0.5, 0.6) is 0 Å². The molecule has 21 heavy (non-hydrogen) atoms. The normalized spacial score (nSPS) is 20.9. The third kappa shape index (κ3) is 3.93. The Labute approximate surface area is 124 Å². The van der Waals surface area contributed by atoms with Crippen LogP contribution in [0.3, 0.4) is 0 Å². The van der Waals surface area contributed by atoms with Crippen molar-refractivity contribution < 1.29 is 17.5 Å². The van der Waals surface area contributed by atoms with Gasteiger partial charge in [-0.15, -0.1) is 0 Å². The van der Waals surface area contributed by atoms with E-state index < -0.39 is 21.8 Å². The van der Waals surface area contributed by atoms with E-state index in [1.54, 1.807) is 0 Å². The van der Waals surface area contributed by atoms with Crippen LogP contribution in [0.1, 0.15) is 13.8 Å². The van der Waals surface area contributed by atoms with Gasteiger partial charge in [-0.3, -0.25) is 4.90 Å². The molecule has 0 saturated carbocycles. The Balaban J connectivity index is 2.14. The minimum Gasteiger partial charge on any atom is -0.399 e. The highest BCUT2D eigenvalue weighted by Crippen LogP contribution is 2.21. The second kappa shape index (κ2) is 6.29. The first-order chi connectivity index (χ1) is 9.79. The molecule has 1 saturated heterocycles. The van der Waals surface area contributed by atoms with Gasteiger partial charge in [-0.05, 0) is 32.0 Å². The summed E-state index contributed by atoms with van der Waals surface area (Å²) in [5.41, 5.74) is 5.64. The van der Waals surface area contributed by atoms with E-state index >= 15 is 0 Å². The van der Waals surface area contributed by atoms with Gasteiger partial charge < -0.3 is 10.5 Å². The van der Waals surface area contributed by atoms with Gasteiger partial charge in [0.25, 0.3) is 0 Å². The van der Waals surface area contributed by atoms with Gasteiger partial charge in [0, 0.05) is 24.8 Å². The third-order valence-corrected chi connectivity index (χ3v) is 5.41. The summed E-state index contributed by atoms with van der Waals surface area (Å²) < 4.78 is 44.0. The zero-order valence-corrected chi connectivity index (χ0v) is 13.1. The van der Waals surface area contributed by atoms with E-state index in [0.29, 0.717) is 19.2 Å². The van der Waals surface area contributed by atoms with E-state index in [1.807, 2.05) is 0 Å². The Bertz CT molecular complexity index is 604. The second-order valence-corrected chi connectivity index (χ2v) is 7.56. The predicted octanol–water partition coefficient (Wildman–Crippen LogP) is 1.29. The molecule has 1 aromatic rings. The van der Waals surface area contributed by atoms with E-state index in [1.165, 1.54) is 12.1 Å². The van der Waals surface area contributed by atoms with Crippen LogP contribution in [0, 0.1) is 5.82 Å². The summed E-state index contributed by atoms with van der Waals surface area (Å²) in [5.74, 6) is -1.04. The fourth-order valence-electron chi connectivity index (χ4n) is 2.42. The molecular weight excluding hydrogens is 295 g/mol. The van der Waals surface area contributed by atoms with Crippen molar-refractivity contribution >= 4 is 15.5 Å². The maximum absolute atomic E-state index is 13.8. The molecule has 0 aromatic heterocycles. The van der Waals surface area contributed by atoms with Crippen molar-refractivity contribution in [3.8, 4) is 0 Å². The Morgan fingerprint density at radius 3 is 2.81 bits per heavy atom. The maximum atomic E-state index is 13.8. The molecule has 1 aliphatic rings. The fraction of sp³-hybridized carbons (Fsp3) is 0.571. The first kappa shape index (κ1) is 16.2. The van der Waals surface area contributed by atoms with E-state index in [2.05, 4.69) is 18.7 Å². The van der Waals surface area contributed by atoms with Crippen LogP contribution in [0.2, 0.25) is 0 Å². The Kier molecular flexibility index (Phi) is 4.85. The van der Waals surface area contributed by atoms with Crippen LogP contribution >= 0.6 is 0 Å². The van der Waals surface area contributed by atoms with Gasteiger partial charge in [0.2, 0.25) is 0 Å². The number of morpholine rings is 1. The van der Waals surface area contributed by atoms with Gasteiger partial charge in [-0.1, -0.05) is 0 Å². The standard InChI is InChI=1S/C14H21FN2O3S/c1-10(2)17-5-6-20-12(8-17)9-21(18,19)14-4-3-11(16)7-13(14)15/h3-4,7,10,12H,5-6,8-9,16H2,1-2H3. The van der Waals surface area contributed by atoms with Gasteiger partial charge in [-0.25, -0.2) is 12.8 Å². The summed E-state index contributed by atoms with van der Waals surface area (Å²) in [6, 6.07) is 3.95. The lowest BCUT2D eigenvalue weighted by Crippen LogP contribution is -2.48. The minimum atomic E-state index is -3.74. The van der Waals surface area contributed by atoms with Crippen LogP contribution in [0.25, 0.3) is 0 Å². The van der Waals surface area contributed by atoms with Crippen LogP contribution in [0.4, 0.5) is 10.1 Å². The van der Waals surface area contributed by atoms with Crippen LogP contribution in [-0.4, -0.2) is 50.9 Å². The quantitative estimate of drug-likeness (QED) is 0.848. The number of ether oxygens (including phenoxy) is 1. The summed E-state index contributed by atoms with van der Waals surface area (Å²) in [7, 11) is -3.74. The van der Waals surface area contributed by atoms with Crippen molar-refractivity contribution in [2.24, 2.45) is 0 Å². The van der Waals surface area contributed by atoms with E-state index in [-0.39, 0.29) is 16.3 Å². The first-order valence-corrected chi connectivity index (χ1v) is 8.58. The number of halogens is 1. The number of sulfone groups is 1. The number of benzene rings is 1. The maximum Gasteiger partial charge on any atom is 0.183 e. The first-order valence-electron chi connectivity index (χ1n) is 6.93. The Morgan fingerprint density at radius 1 is 1.48 bits per heavy atom. The zero-order chi connectivity index (χ0) is 15.6. The summed E-state index contributed by atoms with van der Waals surface area (Å²) in [4.78, 5) is 1.84. The van der Waals surface area contributed by atoms with Crippen LogP contribution in [0.15, 0.2) is 23.1 Å². The van der Waals surface area contributed by atoms with Gasteiger partial charge in [0.1, 0.15) is 10.7 Å². The van der Waals surface area contributed by atoms with Gasteiger partial charge >= 0.3 is 0 Å².